The van der Waals surface area contributed by atoms with Gasteiger partial charge in [-0.05, 0) is 37.6 Å². The Labute approximate surface area is 165 Å². The number of aromatic nitrogens is 3. The van der Waals surface area contributed by atoms with Gasteiger partial charge >= 0.3 is 0 Å². The first-order valence-corrected chi connectivity index (χ1v) is 9.58. The van der Waals surface area contributed by atoms with Crippen molar-refractivity contribution in [2.45, 2.75) is 32.9 Å². The van der Waals surface area contributed by atoms with Crippen LogP contribution in [0.15, 0.2) is 30.6 Å². The molecular weight excluding hydrogens is 356 g/mol. The van der Waals surface area contributed by atoms with E-state index in [0.717, 1.165) is 6.42 Å². The maximum Gasteiger partial charge on any atom is 0.259 e. The molecule has 0 radical (unpaired) electrons. The van der Waals surface area contributed by atoms with Gasteiger partial charge in [-0.1, -0.05) is 13.8 Å². The third-order valence-corrected chi connectivity index (χ3v) is 4.75. The van der Waals surface area contributed by atoms with Crippen LogP contribution < -0.4 is 10.5 Å². The van der Waals surface area contributed by atoms with Crippen molar-refractivity contribution in [2.24, 2.45) is 5.92 Å². The first kappa shape index (κ1) is 20.0. The molecule has 1 fully saturated rings. The quantitative estimate of drug-likeness (QED) is 0.778. The monoisotopic (exact) mass is 384 g/mol. The number of likely N-dealkylation sites (tertiary alicyclic amines) is 1. The minimum Gasteiger partial charge on any atom is -0.477 e. The largest absolute Gasteiger partial charge is 0.477 e. The normalized spacial score (nSPS) is 16.8. The summed E-state index contributed by atoms with van der Waals surface area (Å²) in [5.41, 5.74) is 6.25. The summed E-state index contributed by atoms with van der Waals surface area (Å²) in [5, 5.41) is 0. The van der Waals surface area contributed by atoms with Crippen molar-refractivity contribution in [1.82, 2.24) is 24.8 Å². The number of amides is 1. The maximum absolute atomic E-state index is 13.0. The highest BCUT2D eigenvalue weighted by Crippen LogP contribution is 2.22. The lowest BCUT2D eigenvalue weighted by Gasteiger charge is -2.24. The van der Waals surface area contributed by atoms with E-state index >= 15 is 0 Å². The van der Waals surface area contributed by atoms with E-state index in [2.05, 4.69) is 33.7 Å². The third-order valence-electron chi connectivity index (χ3n) is 4.75. The van der Waals surface area contributed by atoms with Gasteiger partial charge in [0.2, 0.25) is 5.88 Å². The lowest BCUT2D eigenvalue weighted by molar-refractivity contribution is 0.0773. The van der Waals surface area contributed by atoms with Crippen molar-refractivity contribution in [3.8, 4) is 5.88 Å². The van der Waals surface area contributed by atoms with Gasteiger partial charge in [0, 0.05) is 31.5 Å². The summed E-state index contributed by atoms with van der Waals surface area (Å²) in [6.45, 7) is 6.60. The van der Waals surface area contributed by atoms with Gasteiger partial charge in [-0.25, -0.2) is 15.0 Å². The number of likely N-dealkylation sites (N-methyl/N-ethyl adjacent to an activating group) is 1. The van der Waals surface area contributed by atoms with Crippen molar-refractivity contribution in [3.63, 3.8) is 0 Å². The molecule has 2 N–H and O–H groups in total. The van der Waals surface area contributed by atoms with Gasteiger partial charge in [0.25, 0.3) is 5.91 Å². The molecule has 3 rings (SSSR count). The molecule has 1 saturated heterocycles. The molecule has 0 spiro atoms. The smallest absolute Gasteiger partial charge is 0.259 e. The van der Waals surface area contributed by atoms with Crippen molar-refractivity contribution in [1.29, 1.82) is 0 Å². The van der Waals surface area contributed by atoms with Gasteiger partial charge in [-0.15, -0.1) is 0 Å². The maximum atomic E-state index is 13.0. The van der Waals surface area contributed by atoms with Crippen molar-refractivity contribution in [3.05, 3.63) is 42.0 Å². The zero-order valence-electron chi connectivity index (χ0n) is 16.7. The molecule has 0 saturated carbocycles. The van der Waals surface area contributed by atoms with Gasteiger partial charge < -0.3 is 15.4 Å². The Hall–Kier alpha value is -2.74. The number of nitrogens with two attached hydrogens (primary N) is 1. The third kappa shape index (κ3) is 4.95. The molecule has 1 aliphatic rings. The average molecular weight is 384 g/mol. The van der Waals surface area contributed by atoms with Gasteiger partial charge in [-0.2, -0.15) is 0 Å². The fourth-order valence-corrected chi connectivity index (χ4v) is 3.21. The van der Waals surface area contributed by atoms with E-state index in [1.165, 1.54) is 0 Å². The highest BCUT2D eigenvalue weighted by Gasteiger charge is 2.31. The number of anilines is 1. The number of nitrogens with zero attached hydrogens (tertiary/aromatic N) is 5. The molecule has 2 aromatic heterocycles. The first-order chi connectivity index (χ1) is 13.4. The average Bonchev–Trinajstić information content (AvgIpc) is 3.16. The van der Waals surface area contributed by atoms with Crippen molar-refractivity contribution < 1.29 is 9.53 Å². The van der Waals surface area contributed by atoms with Crippen LogP contribution in [-0.4, -0.2) is 63.4 Å². The second-order valence-electron chi connectivity index (χ2n) is 7.57. The lowest BCUT2D eigenvalue weighted by atomic mass is 10.2. The summed E-state index contributed by atoms with van der Waals surface area (Å²) in [6.07, 6.45) is 4.21. The van der Waals surface area contributed by atoms with Crippen LogP contribution >= 0.6 is 0 Å². The van der Waals surface area contributed by atoms with E-state index in [-0.39, 0.29) is 11.9 Å². The predicted octanol–water partition coefficient (Wildman–Crippen LogP) is 1.84. The molecular formula is C20H28N6O2. The SMILES string of the molecule is CC(C)COc1ncccc1C(=O)N1CC[C@H](N(C)Cc2nccc(N)n2)C1. The van der Waals surface area contributed by atoms with E-state index < -0.39 is 0 Å². The minimum absolute atomic E-state index is 0.0389. The number of ether oxygens (including phenoxy) is 1. The summed E-state index contributed by atoms with van der Waals surface area (Å²) < 4.78 is 5.75. The van der Waals surface area contributed by atoms with Crippen LogP contribution in [0.3, 0.4) is 0 Å². The van der Waals surface area contributed by atoms with E-state index in [4.69, 9.17) is 10.5 Å². The summed E-state index contributed by atoms with van der Waals surface area (Å²) in [6, 6.07) is 5.46. The highest BCUT2D eigenvalue weighted by atomic mass is 16.5. The molecule has 3 heterocycles. The number of rotatable bonds is 7. The molecule has 1 atom stereocenters. The van der Waals surface area contributed by atoms with Crippen molar-refractivity contribution >= 4 is 11.7 Å². The van der Waals surface area contributed by atoms with Crippen LogP contribution in [0.4, 0.5) is 5.82 Å². The van der Waals surface area contributed by atoms with E-state index in [1.807, 2.05) is 11.9 Å². The predicted molar refractivity (Wildman–Crippen MR) is 107 cm³/mol. The van der Waals surface area contributed by atoms with Crippen LogP contribution in [0.1, 0.15) is 36.5 Å². The molecule has 0 unspecified atom stereocenters. The summed E-state index contributed by atoms with van der Waals surface area (Å²) in [5.74, 6) is 1.88. The molecule has 0 aromatic carbocycles. The van der Waals surface area contributed by atoms with Gasteiger partial charge in [-0.3, -0.25) is 9.69 Å². The fraction of sp³-hybridized carbons (Fsp3) is 0.500. The Balaban J connectivity index is 1.62. The van der Waals surface area contributed by atoms with E-state index in [1.54, 1.807) is 30.6 Å². The van der Waals surface area contributed by atoms with Gasteiger partial charge in [0.1, 0.15) is 17.2 Å². The van der Waals surface area contributed by atoms with Crippen LogP contribution in [0.2, 0.25) is 0 Å². The summed E-state index contributed by atoms with van der Waals surface area (Å²) in [4.78, 5) is 29.8. The molecule has 8 heteroatoms. The number of hydrogen-bond acceptors (Lipinski definition) is 7. The second-order valence-corrected chi connectivity index (χ2v) is 7.57. The number of nitrogen functional groups attached to an aromatic ring is 1. The van der Waals surface area contributed by atoms with Crippen LogP contribution in [0.5, 0.6) is 5.88 Å². The van der Waals surface area contributed by atoms with Crippen LogP contribution in [0.25, 0.3) is 0 Å². The molecule has 0 bridgehead atoms. The van der Waals surface area contributed by atoms with Crippen molar-refractivity contribution in [2.75, 3.05) is 32.5 Å². The van der Waals surface area contributed by atoms with E-state index in [9.17, 15) is 4.79 Å². The standard InChI is InChI=1S/C20H28N6O2/c1-14(2)13-28-19-16(5-4-8-23-19)20(27)26-10-7-15(11-26)25(3)12-18-22-9-6-17(21)24-18/h4-6,8-9,14-15H,7,10-13H2,1-3H3,(H2,21,22,24)/t15-/m0/s1. The lowest BCUT2D eigenvalue weighted by Crippen LogP contribution is -2.36. The molecule has 1 amide bonds. The first-order valence-electron chi connectivity index (χ1n) is 9.58. The Morgan fingerprint density at radius 2 is 2.18 bits per heavy atom. The zero-order valence-corrected chi connectivity index (χ0v) is 16.7. The topological polar surface area (TPSA) is 97.5 Å². The van der Waals surface area contributed by atoms with E-state index in [0.29, 0.717) is 55.2 Å². The zero-order chi connectivity index (χ0) is 20.1. The Morgan fingerprint density at radius 1 is 1.36 bits per heavy atom. The Morgan fingerprint density at radius 3 is 2.93 bits per heavy atom. The molecule has 28 heavy (non-hydrogen) atoms. The van der Waals surface area contributed by atoms with Crippen LogP contribution in [0, 0.1) is 5.92 Å². The molecule has 8 nitrogen and oxygen atoms in total. The number of hydrogen-bond donors (Lipinski definition) is 1. The van der Waals surface area contributed by atoms with Gasteiger partial charge in [0.15, 0.2) is 0 Å². The summed E-state index contributed by atoms with van der Waals surface area (Å²) in [7, 11) is 2.02. The minimum atomic E-state index is -0.0389. The molecule has 0 aliphatic carbocycles. The molecule has 150 valence electrons. The molecule has 2 aromatic rings. The summed E-state index contributed by atoms with van der Waals surface area (Å²) >= 11 is 0. The number of pyridine rings is 1. The van der Waals surface area contributed by atoms with Crippen LogP contribution in [-0.2, 0) is 6.54 Å². The molecule has 1 aliphatic heterocycles. The Bertz CT molecular complexity index is 813. The second kappa shape index (κ2) is 8.97. The fourth-order valence-electron chi connectivity index (χ4n) is 3.21. The Kier molecular flexibility index (Phi) is 6.41. The number of carbonyl (C=O) groups is 1. The highest BCUT2D eigenvalue weighted by molar-refractivity contribution is 5.96. The number of carbonyl (C=O) groups excluding carboxylic acids is 1. The van der Waals surface area contributed by atoms with Gasteiger partial charge in [0.05, 0.1) is 13.2 Å².